The molecule has 60 heavy (non-hydrogen) atoms. The van der Waals surface area contributed by atoms with Gasteiger partial charge in [-0.25, -0.2) is 9.97 Å². The molecule has 0 saturated carbocycles. The van der Waals surface area contributed by atoms with Crippen LogP contribution in [0.5, 0.6) is 0 Å². The Bertz CT molecular complexity index is 2340. The first-order valence-electron chi connectivity index (χ1n) is 21.2. The van der Waals surface area contributed by atoms with Gasteiger partial charge in [-0.05, 0) is 78.6 Å². The minimum atomic E-state index is -0.754. The van der Waals surface area contributed by atoms with Crippen molar-refractivity contribution in [3.05, 3.63) is 143 Å². The second kappa shape index (κ2) is 19.7. The van der Waals surface area contributed by atoms with Crippen molar-refractivity contribution in [2.75, 3.05) is 26.2 Å². The Morgan fingerprint density at radius 3 is 2.07 bits per heavy atom. The fourth-order valence-corrected chi connectivity index (χ4v) is 10.2. The zero-order valence-corrected chi connectivity index (χ0v) is 35.7. The molecule has 2 N–H and O–H groups in total. The molecule has 9 nitrogen and oxygen atoms in total. The third kappa shape index (κ3) is 9.92. The van der Waals surface area contributed by atoms with E-state index in [4.69, 9.17) is 9.97 Å². The average Bonchev–Trinajstić information content (AvgIpc) is 4.10. The highest BCUT2D eigenvalue weighted by Crippen LogP contribution is 2.38. The maximum Gasteiger partial charge on any atom is 0.250 e. The minimum absolute atomic E-state index is 0.0325. The number of hydrogen-bond acceptors (Lipinski definition) is 8. The molecule has 2 aliphatic heterocycles. The van der Waals surface area contributed by atoms with Gasteiger partial charge in [0, 0.05) is 31.4 Å². The lowest BCUT2D eigenvalue weighted by atomic mass is 9.96. The average molecular weight is 837 g/mol. The first-order chi connectivity index (χ1) is 29.4. The van der Waals surface area contributed by atoms with Crippen LogP contribution < -0.4 is 10.6 Å². The first kappa shape index (κ1) is 41.3. The fourth-order valence-electron chi connectivity index (χ4n) is 8.18. The van der Waals surface area contributed by atoms with Crippen LogP contribution in [0.1, 0.15) is 78.7 Å². The van der Waals surface area contributed by atoms with Crippen molar-refractivity contribution >= 4 is 40.4 Å². The van der Waals surface area contributed by atoms with Crippen molar-refractivity contribution < 1.29 is 14.4 Å². The molecule has 2 saturated heterocycles. The molecule has 308 valence electrons. The van der Waals surface area contributed by atoms with E-state index in [-0.39, 0.29) is 29.7 Å². The molecule has 2 fully saturated rings. The topological polar surface area (TPSA) is 108 Å². The molecule has 4 heterocycles. The summed E-state index contributed by atoms with van der Waals surface area (Å²) in [5.74, 6) is -0.0975. The maximum atomic E-state index is 14.3. The molecule has 8 rings (SSSR count). The van der Waals surface area contributed by atoms with Gasteiger partial charge in [-0.3, -0.25) is 14.4 Å². The van der Waals surface area contributed by atoms with Gasteiger partial charge in [0.2, 0.25) is 17.7 Å². The van der Waals surface area contributed by atoms with Gasteiger partial charge in [-0.15, -0.1) is 22.7 Å². The number of thiazole rings is 2. The van der Waals surface area contributed by atoms with Crippen molar-refractivity contribution in [3.8, 4) is 32.0 Å². The van der Waals surface area contributed by atoms with Crippen molar-refractivity contribution in [1.29, 1.82) is 0 Å². The van der Waals surface area contributed by atoms with Crippen LogP contribution in [0.15, 0.2) is 122 Å². The largest absolute Gasteiger partial charge is 0.340 e. The summed E-state index contributed by atoms with van der Waals surface area (Å²) in [4.78, 5) is 56.6. The zero-order chi connectivity index (χ0) is 41.3. The van der Waals surface area contributed by atoms with Crippen LogP contribution in [0.25, 0.3) is 32.0 Å². The van der Waals surface area contributed by atoms with Crippen LogP contribution in [0.2, 0.25) is 0 Å². The lowest BCUT2D eigenvalue weighted by Gasteiger charge is -2.29. The third-order valence-corrected chi connectivity index (χ3v) is 13.8. The molecule has 4 aromatic carbocycles. The molecule has 0 aliphatic carbocycles. The van der Waals surface area contributed by atoms with Crippen LogP contribution in [0.4, 0.5) is 0 Å². The third-order valence-electron chi connectivity index (χ3n) is 11.6. The highest BCUT2D eigenvalue weighted by Gasteiger charge is 2.33. The van der Waals surface area contributed by atoms with Crippen LogP contribution in [-0.4, -0.2) is 63.7 Å². The summed E-state index contributed by atoms with van der Waals surface area (Å²) >= 11 is 3.28. The van der Waals surface area contributed by atoms with Gasteiger partial charge in [-0.2, -0.15) is 0 Å². The Morgan fingerprint density at radius 1 is 0.783 bits per heavy atom. The molecular formula is C49H52N6O3S2. The van der Waals surface area contributed by atoms with E-state index in [9.17, 15) is 14.4 Å². The molecule has 11 heteroatoms. The summed E-state index contributed by atoms with van der Waals surface area (Å²) in [7, 11) is 0. The van der Waals surface area contributed by atoms with E-state index >= 15 is 0 Å². The number of nitrogens with one attached hydrogen (secondary N) is 2. The maximum absolute atomic E-state index is 14.3. The van der Waals surface area contributed by atoms with E-state index < -0.39 is 6.04 Å². The smallest absolute Gasteiger partial charge is 0.250 e. The van der Waals surface area contributed by atoms with E-state index in [1.54, 1.807) is 22.7 Å². The van der Waals surface area contributed by atoms with Crippen LogP contribution >= 0.6 is 22.7 Å². The number of hydrogen-bond donors (Lipinski definition) is 2. The normalized spacial score (nSPS) is 16.1. The Hall–Kier alpha value is -5.49. The molecule has 2 aliphatic rings. The number of aromatic nitrogens is 2. The second-order valence-corrected chi connectivity index (χ2v) is 17.9. The number of nitrogens with zero attached hydrogens (tertiary/aromatic N) is 4. The van der Waals surface area contributed by atoms with E-state index in [0.717, 1.165) is 111 Å². The number of carbonyl (C=O) groups excluding carboxylic acids is 3. The van der Waals surface area contributed by atoms with Crippen molar-refractivity contribution in [3.63, 3.8) is 0 Å². The fraction of sp³-hybridized carbons (Fsp3) is 0.327. The lowest BCUT2D eigenvalue weighted by Crippen LogP contribution is -2.46. The van der Waals surface area contributed by atoms with Crippen molar-refractivity contribution in [1.82, 2.24) is 30.4 Å². The highest BCUT2D eigenvalue weighted by molar-refractivity contribution is 7.15. The van der Waals surface area contributed by atoms with Gasteiger partial charge in [0.15, 0.2) is 0 Å². The monoisotopic (exact) mass is 836 g/mol. The molecular weight excluding hydrogens is 785 g/mol. The van der Waals surface area contributed by atoms with Gasteiger partial charge in [-0.1, -0.05) is 123 Å². The number of rotatable bonds is 15. The number of piperidine rings is 1. The predicted octanol–water partition coefficient (Wildman–Crippen LogP) is 9.49. The number of carbonyl (C=O) groups is 3. The van der Waals surface area contributed by atoms with Gasteiger partial charge < -0.3 is 20.4 Å². The zero-order valence-electron chi connectivity index (χ0n) is 34.1. The summed E-state index contributed by atoms with van der Waals surface area (Å²) in [5.41, 5.74) is 6.26. The lowest BCUT2D eigenvalue weighted by molar-refractivity contribution is -0.138. The number of likely N-dealkylation sites (tertiary alicyclic amines) is 1. The van der Waals surface area contributed by atoms with Gasteiger partial charge in [0.05, 0.1) is 28.8 Å². The van der Waals surface area contributed by atoms with E-state index in [2.05, 4.69) is 66.1 Å². The number of unbranched alkanes of at least 4 members (excludes halogenated alkanes) is 1. The molecule has 0 spiro atoms. The van der Waals surface area contributed by atoms with Crippen LogP contribution in [0.3, 0.4) is 0 Å². The van der Waals surface area contributed by atoms with E-state index in [0.29, 0.717) is 19.5 Å². The first-order valence-corrected chi connectivity index (χ1v) is 22.9. The van der Waals surface area contributed by atoms with E-state index in [1.165, 1.54) is 0 Å². The number of amides is 3. The Morgan fingerprint density at radius 2 is 1.40 bits per heavy atom. The van der Waals surface area contributed by atoms with Crippen molar-refractivity contribution in [2.24, 2.45) is 5.92 Å². The molecule has 6 aromatic rings. The Balaban J connectivity index is 0.912. The quantitative estimate of drug-likeness (QED) is 0.107. The minimum Gasteiger partial charge on any atom is -0.340 e. The second-order valence-electron chi connectivity index (χ2n) is 15.7. The summed E-state index contributed by atoms with van der Waals surface area (Å²) < 4.78 is 0. The summed E-state index contributed by atoms with van der Waals surface area (Å²) in [6.07, 6.45) is 9.54. The molecule has 2 atom stereocenters. The van der Waals surface area contributed by atoms with Crippen LogP contribution in [-0.2, 0) is 27.3 Å². The molecule has 0 unspecified atom stereocenters. The summed E-state index contributed by atoms with van der Waals surface area (Å²) in [6, 6.07) is 36.0. The predicted molar refractivity (Wildman–Crippen MR) is 241 cm³/mol. The highest BCUT2D eigenvalue weighted by atomic mass is 32.1. The van der Waals surface area contributed by atoms with Gasteiger partial charge >= 0.3 is 0 Å². The van der Waals surface area contributed by atoms with Gasteiger partial charge in [0.25, 0.3) is 0 Å². The molecule has 2 aromatic heterocycles. The summed E-state index contributed by atoms with van der Waals surface area (Å²) in [5, 5.41) is 8.32. The molecule has 3 amide bonds. The Kier molecular flexibility index (Phi) is 13.6. The Labute approximate surface area is 360 Å². The van der Waals surface area contributed by atoms with E-state index in [1.807, 2.05) is 82.9 Å². The molecule has 0 bridgehead atoms. The van der Waals surface area contributed by atoms with Crippen LogP contribution in [0, 0.1) is 5.92 Å². The number of benzene rings is 4. The van der Waals surface area contributed by atoms with Crippen molar-refractivity contribution in [2.45, 2.75) is 70.5 Å². The molecule has 0 radical (unpaired) electrons. The summed E-state index contributed by atoms with van der Waals surface area (Å²) in [6.45, 7) is 5.48. The SMILES string of the molecule is CCCCN(Cc1ncc(-c2ccc(-c3ccc(-c4cnc([C@@H]5CCCN5C(=O)Cc5ccccc5)s4)cc3)cc2)s1)C(=O)[C@H](NC(=O)C1CCNCC1)c1ccccc1. The standard InChI is InChI=1S/C49H52N6O3S2/c1-2-3-28-54(49(58)46(39-13-8-5-9-14-39)53-47(57)40-24-26-50-27-25-40)33-44-51-31-42(59-44)37-20-16-35(17-21-37)36-18-22-38(23-19-36)43-32-52-48(60-43)41-15-10-29-55(41)45(56)30-34-11-6-4-7-12-34/h4-9,11-14,16-23,31-32,40-41,46,50H,2-3,10,15,24-30,33H2,1H3,(H,53,57)/t41-,46+/m0/s1. The van der Waals surface area contributed by atoms with Gasteiger partial charge in [0.1, 0.15) is 16.1 Å².